The highest BCUT2D eigenvalue weighted by atomic mass is 35.5. The normalized spacial score (nSPS) is 14.9. The highest BCUT2D eigenvalue weighted by Gasteiger charge is 2.22. The minimum absolute atomic E-state index is 0.0346. The summed E-state index contributed by atoms with van der Waals surface area (Å²) in [6.07, 6.45) is 0.917. The molecule has 0 radical (unpaired) electrons. The van der Waals surface area contributed by atoms with Gasteiger partial charge in [-0.25, -0.2) is 0 Å². The van der Waals surface area contributed by atoms with Crippen LogP contribution in [0.25, 0.3) is 0 Å². The Morgan fingerprint density at radius 3 is 2.55 bits per heavy atom. The van der Waals surface area contributed by atoms with Gasteiger partial charge in [0.25, 0.3) is 5.91 Å². The number of rotatable bonds is 5. The van der Waals surface area contributed by atoms with Gasteiger partial charge in [0.15, 0.2) is 11.5 Å². The molecular formula is C20H22ClN3O5. The highest BCUT2D eigenvalue weighted by Crippen LogP contribution is 2.38. The minimum Gasteiger partial charge on any atom is -0.493 e. The van der Waals surface area contributed by atoms with Gasteiger partial charge in [-0.05, 0) is 50.3 Å². The number of carbonyl (C=O) groups excluding carboxylic acids is 1. The number of methoxy groups -OCH3 is 1. The van der Waals surface area contributed by atoms with Gasteiger partial charge >= 0.3 is 5.69 Å². The van der Waals surface area contributed by atoms with Crippen molar-refractivity contribution in [3.05, 3.63) is 57.1 Å². The largest absolute Gasteiger partial charge is 0.493 e. The van der Waals surface area contributed by atoms with Crippen LogP contribution in [0.2, 0.25) is 5.02 Å². The average molecular weight is 420 g/mol. The van der Waals surface area contributed by atoms with E-state index in [4.69, 9.17) is 21.1 Å². The van der Waals surface area contributed by atoms with E-state index >= 15 is 0 Å². The molecule has 154 valence electrons. The first-order valence-electron chi connectivity index (χ1n) is 9.16. The van der Waals surface area contributed by atoms with Crippen LogP contribution in [0.4, 0.5) is 5.69 Å². The van der Waals surface area contributed by atoms with E-state index in [1.54, 1.807) is 18.2 Å². The van der Waals surface area contributed by atoms with Gasteiger partial charge in [-0.1, -0.05) is 11.6 Å². The van der Waals surface area contributed by atoms with Gasteiger partial charge in [-0.2, -0.15) is 0 Å². The number of ether oxygens (including phenoxy) is 2. The van der Waals surface area contributed by atoms with E-state index in [-0.39, 0.29) is 28.1 Å². The predicted molar refractivity (Wildman–Crippen MR) is 109 cm³/mol. The van der Waals surface area contributed by atoms with Crippen molar-refractivity contribution in [3.63, 3.8) is 0 Å². The lowest BCUT2D eigenvalue weighted by atomic mass is 10.1. The van der Waals surface area contributed by atoms with Crippen LogP contribution in [0, 0.1) is 10.1 Å². The summed E-state index contributed by atoms with van der Waals surface area (Å²) >= 11 is 5.84. The maximum Gasteiger partial charge on any atom is 0.313 e. The van der Waals surface area contributed by atoms with Gasteiger partial charge < -0.3 is 19.3 Å². The molecule has 1 saturated heterocycles. The second-order valence-corrected chi connectivity index (χ2v) is 7.22. The number of nitrogens with zero attached hydrogens (tertiary/aromatic N) is 3. The van der Waals surface area contributed by atoms with Crippen molar-refractivity contribution in [1.82, 2.24) is 9.80 Å². The lowest BCUT2D eigenvalue weighted by Gasteiger charge is -2.21. The van der Waals surface area contributed by atoms with Gasteiger partial charge in [0.2, 0.25) is 5.75 Å². The number of halogens is 1. The Morgan fingerprint density at radius 2 is 1.83 bits per heavy atom. The van der Waals surface area contributed by atoms with Crippen LogP contribution in [0.15, 0.2) is 36.4 Å². The van der Waals surface area contributed by atoms with Gasteiger partial charge in [-0.15, -0.1) is 0 Å². The molecular weight excluding hydrogens is 398 g/mol. The topological polar surface area (TPSA) is 85.2 Å². The molecule has 9 heteroatoms. The molecule has 0 unspecified atom stereocenters. The van der Waals surface area contributed by atoms with E-state index in [0.29, 0.717) is 24.4 Å². The number of benzene rings is 2. The zero-order valence-corrected chi connectivity index (χ0v) is 17.0. The zero-order chi connectivity index (χ0) is 21.0. The summed E-state index contributed by atoms with van der Waals surface area (Å²) in [6, 6.07) is 8.95. The predicted octanol–water partition coefficient (Wildman–Crippen LogP) is 3.83. The molecule has 1 amide bonds. The fourth-order valence-corrected chi connectivity index (χ4v) is 3.32. The molecule has 0 spiro atoms. The second-order valence-electron chi connectivity index (χ2n) is 6.79. The van der Waals surface area contributed by atoms with Crippen LogP contribution >= 0.6 is 11.6 Å². The van der Waals surface area contributed by atoms with Crippen LogP contribution in [0.5, 0.6) is 17.2 Å². The molecule has 29 heavy (non-hydrogen) atoms. The van der Waals surface area contributed by atoms with Gasteiger partial charge in [0.1, 0.15) is 0 Å². The monoisotopic (exact) mass is 419 g/mol. The fourth-order valence-electron chi connectivity index (χ4n) is 3.16. The number of nitro groups is 1. The van der Waals surface area contributed by atoms with E-state index in [0.717, 1.165) is 19.5 Å². The summed E-state index contributed by atoms with van der Waals surface area (Å²) in [5.41, 5.74) is 0.220. The van der Waals surface area contributed by atoms with Crippen molar-refractivity contribution < 1.29 is 19.2 Å². The van der Waals surface area contributed by atoms with E-state index in [1.807, 2.05) is 11.9 Å². The first kappa shape index (κ1) is 20.9. The lowest BCUT2D eigenvalue weighted by molar-refractivity contribution is -0.385. The van der Waals surface area contributed by atoms with Crippen molar-refractivity contribution in [1.29, 1.82) is 0 Å². The second kappa shape index (κ2) is 9.11. The number of carbonyl (C=O) groups is 1. The molecule has 2 aromatic carbocycles. The van der Waals surface area contributed by atoms with E-state index < -0.39 is 4.92 Å². The summed E-state index contributed by atoms with van der Waals surface area (Å²) in [7, 11) is 3.49. The fraction of sp³-hybridized carbons (Fsp3) is 0.350. The Labute approximate surface area is 173 Å². The Balaban J connectivity index is 1.84. The Kier molecular flexibility index (Phi) is 6.56. The lowest BCUT2D eigenvalue weighted by Crippen LogP contribution is -2.34. The third kappa shape index (κ3) is 4.96. The molecule has 8 nitrogen and oxygen atoms in total. The molecule has 3 rings (SSSR count). The molecule has 1 heterocycles. The van der Waals surface area contributed by atoms with Crippen molar-refractivity contribution >= 4 is 23.2 Å². The highest BCUT2D eigenvalue weighted by molar-refractivity contribution is 6.30. The molecule has 0 atom stereocenters. The number of amides is 1. The standard InChI is InChI=1S/C20H22ClN3O5/c1-22-8-3-9-23(11-10-22)20(25)14-4-6-18(19(12-14)28-2)29-17-7-5-15(21)13-16(17)24(26)27/h4-7,12-13H,3,8-11H2,1-2H3. The van der Waals surface area contributed by atoms with Crippen molar-refractivity contribution in [2.24, 2.45) is 0 Å². The third-order valence-electron chi connectivity index (χ3n) is 4.75. The first-order valence-corrected chi connectivity index (χ1v) is 9.54. The first-order chi connectivity index (χ1) is 13.9. The molecule has 1 fully saturated rings. The number of hydrogen-bond donors (Lipinski definition) is 0. The minimum atomic E-state index is -0.568. The van der Waals surface area contributed by atoms with Crippen LogP contribution < -0.4 is 9.47 Å². The molecule has 0 N–H and O–H groups in total. The number of nitro benzene ring substituents is 1. The van der Waals surface area contributed by atoms with E-state index in [2.05, 4.69) is 4.90 Å². The van der Waals surface area contributed by atoms with Crippen molar-refractivity contribution in [2.45, 2.75) is 6.42 Å². The quantitative estimate of drug-likeness (QED) is 0.541. The summed E-state index contributed by atoms with van der Waals surface area (Å²) in [6.45, 7) is 3.14. The molecule has 1 aliphatic heterocycles. The molecule has 2 aromatic rings. The third-order valence-corrected chi connectivity index (χ3v) is 4.99. The Bertz CT molecular complexity index is 921. The molecule has 0 bridgehead atoms. The molecule has 0 saturated carbocycles. The Morgan fingerprint density at radius 1 is 1.07 bits per heavy atom. The van der Waals surface area contributed by atoms with E-state index in [1.165, 1.54) is 25.3 Å². The maximum atomic E-state index is 12.9. The zero-order valence-electron chi connectivity index (χ0n) is 16.3. The maximum absolute atomic E-state index is 12.9. The summed E-state index contributed by atoms with van der Waals surface area (Å²) in [5.74, 6) is 0.534. The van der Waals surface area contributed by atoms with Crippen LogP contribution in [0.1, 0.15) is 16.8 Å². The van der Waals surface area contributed by atoms with Crippen LogP contribution in [-0.4, -0.2) is 61.0 Å². The Hall–Kier alpha value is -2.84. The van der Waals surface area contributed by atoms with Gasteiger partial charge in [0.05, 0.1) is 12.0 Å². The molecule has 0 aliphatic carbocycles. The molecule has 0 aromatic heterocycles. The smallest absolute Gasteiger partial charge is 0.313 e. The van der Waals surface area contributed by atoms with E-state index in [9.17, 15) is 14.9 Å². The van der Waals surface area contributed by atoms with Crippen molar-refractivity contribution in [2.75, 3.05) is 40.3 Å². The summed E-state index contributed by atoms with van der Waals surface area (Å²) in [5, 5.41) is 11.5. The summed E-state index contributed by atoms with van der Waals surface area (Å²) < 4.78 is 11.1. The van der Waals surface area contributed by atoms with Crippen LogP contribution in [0.3, 0.4) is 0 Å². The summed E-state index contributed by atoms with van der Waals surface area (Å²) in [4.78, 5) is 27.6. The van der Waals surface area contributed by atoms with Crippen LogP contribution in [-0.2, 0) is 0 Å². The number of likely N-dealkylation sites (N-methyl/N-ethyl adjacent to an activating group) is 1. The van der Waals surface area contributed by atoms with Gasteiger partial charge in [-0.3, -0.25) is 14.9 Å². The SMILES string of the molecule is COc1cc(C(=O)N2CCCN(C)CC2)ccc1Oc1ccc(Cl)cc1[N+](=O)[O-]. The van der Waals surface area contributed by atoms with Crippen molar-refractivity contribution in [3.8, 4) is 17.2 Å². The number of hydrogen-bond acceptors (Lipinski definition) is 6. The average Bonchev–Trinajstić information content (AvgIpc) is 2.93. The molecule has 1 aliphatic rings. The van der Waals surface area contributed by atoms with Gasteiger partial charge in [0, 0.05) is 36.3 Å².